The number of benzene rings is 5. The summed E-state index contributed by atoms with van der Waals surface area (Å²) in [5.74, 6) is 0.596. The van der Waals surface area contributed by atoms with Crippen LogP contribution in [0.15, 0.2) is 181 Å². The van der Waals surface area contributed by atoms with Crippen LogP contribution in [0.25, 0.3) is 27.0 Å². The second-order valence-corrected chi connectivity index (χ2v) is 12.3. The molecule has 3 aromatic heterocycles. The van der Waals surface area contributed by atoms with Gasteiger partial charge < -0.3 is 19.9 Å². The van der Waals surface area contributed by atoms with Crippen molar-refractivity contribution >= 4 is 22.5 Å². The maximum absolute atomic E-state index is 12.7. The number of nitrogen functional groups attached to an aromatic ring is 1. The van der Waals surface area contributed by atoms with E-state index in [9.17, 15) is 10.1 Å². The number of aromatic amines is 1. The number of H-pyrrole nitrogens is 1. The van der Waals surface area contributed by atoms with Crippen molar-refractivity contribution in [3.05, 3.63) is 226 Å². The molecule has 0 aliphatic heterocycles. The number of nitrogens with two attached hydrogens (primary N) is 1. The van der Waals surface area contributed by atoms with E-state index in [1.54, 1.807) is 12.1 Å². The second kappa shape index (κ2) is 15.0. The average Bonchev–Trinajstić information content (AvgIpc) is 3.76. The van der Waals surface area contributed by atoms with E-state index in [1.807, 2.05) is 125 Å². The summed E-state index contributed by atoms with van der Waals surface area (Å²) in [5, 5.41) is 10.7. The van der Waals surface area contributed by atoms with Crippen molar-refractivity contribution in [3.8, 4) is 17.2 Å². The van der Waals surface area contributed by atoms with Gasteiger partial charge in [-0.3, -0.25) is 4.79 Å². The van der Waals surface area contributed by atoms with E-state index in [0.717, 1.165) is 38.8 Å². The summed E-state index contributed by atoms with van der Waals surface area (Å²) in [6.45, 7) is 7.16. The zero-order valence-corrected chi connectivity index (χ0v) is 28.2. The van der Waals surface area contributed by atoms with E-state index in [0.29, 0.717) is 22.7 Å². The molecular formula is C45H34N6O. The fourth-order valence-corrected chi connectivity index (χ4v) is 6.75. The minimum atomic E-state index is -0.199. The first-order valence-electron chi connectivity index (χ1n) is 16.8. The molecule has 0 fully saturated rings. The maximum Gasteiger partial charge on any atom is 0.250 e. The summed E-state index contributed by atoms with van der Waals surface area (Å²) >= 11 is 0. The number of nitriles is 1. The normalized spacial score (nSPS) is 10.8. The Hall–Kier alpha value is -7.35. The van der Waals surface area contributed by atoms with Crippen LogP contribution in [-0.4, -0.2) is 14.1 Å². The van der Waals surface area contributed by atoms with Crippen LogP contribution in [0.5, 0.6) is 0 Å². The van der Waals surface area contributed by atoms with Gasteiger partial charge in [0.05, 0.1) is 30.0 Å². The molecule has 8 aromatic rings. The van der Waals surface area contributed by atoms with Crippen molar-refractivity contribution in [1.29, 1.82) is 5.26 Å². The summed E-state index contributed by atoms with van der Waals surface area (Å²) in [6, 6.07) is 55.7. The zero-order valence-electron chi connectivity index (χ0n) is 28.2. The molecule has 0 spiro atoms. The first kappa shape index (κ1) is 33.2. The molecule has 52 heavy (non-hydrogen) atoms. The highest BCUT2D eigenvalue weighted by atomic mass is 16.1. The topological polar surface area (TPSA) is 96.9 Å². The third kappa shape index (κ3) is 6.76. The number of pyridine rings is 1. The number of aromatic nitrogens is 3. The minimum Gasteiger partial charge on any atom is -0.386 e. The van der Waals surface area contributed by atoms with Gasteiger partial charge >= 0.3 is 0 Å². The van der Waals surface area contributed by atoms with Crippen LogP contribution in [0.2, 0.25) is 0 Å². The predicted octanol–water partition coefficient (Wildman–Crippen LogP) is 9.76. The number of hydrogen-bond acceptors (Lipinski definition) is 3. The van der Waals surface area contributed by atoms with Crippen LogP contribution in [0, 0.1) is 17.9 Å². The van der Waals surface area contributed by atoms with Crippen LogP contribution < -0.4 is 11.3 Å². The van der Waals surface area contributed by atoms with E-state index in [2.05, 4.69) is 64.4 Å². The quantitative estimate of drug-likeness (QED) is 0.165. The van der Waals surface area contributed by atoms with Crippen molar-refractivity contribution in [2.45, 2.75) is 12.1 Å². The summed E-state index contributed by atoms with van der Waals surface area (Å²) in [6.07, 6.45) is 3.66. The van der Waals surface area contributed by atoms with E-state index in [1.165, 1.54) is 0 Å². The highest BCUT2D eigenvalue weighted by Gasteiger charge is 2.23. The molecule has 0 amide bonds. The minimum absolute atomic E-state index is 0.0251. The van der Waals surface area contributed by atoms with E-state index < -0.39 is 0 Å². The molecule has 250 valence electrons. The van der Waals surface area contributed by atoms with Crippen LogP contribution in [0.3, 0.4) is 0 Å². The van der Waals surface area contributed by atoms with Gasteiger partial charge in [-0.15, -0.1) is 0 Å². The second-order valence-electron chi connectivity index (χ2n) is 12.3. The van der Waals surface area contributed by atoms with Gasteiger partial charge in [0.2, 0.25) is 11.2 Å². The molecule has 7 heteroatoms. The molecule has 0 bridgehead atoms. The van der Waals surface area contributed by atoms with Gasteiger partial charge in [0.15, 0.2) is 0 Å². The van der Waals surface area contributed by atoms with Gasteiger partial charge in [-0.1, -0.05) is 152 Å². The predicted molar refractivity (Wildman–Crippen MR) is 208 cm³/mol. The smallest absolute Gasteiger partial charge is 0.250 e. The molecule has 0 aliphatic carbocycles. The van der Waals surface area contributed by atoms with E-state index in [4.69, 9.17) is 12.3 Å². The fourth-order valence-electron chi connectivity index (χ4n) is 6.75. The summed E-state index contributed by atoms with van der Waals surface area (Å²) in [5.41, 5.74) is 13.7. The lowest BCUT2D eigenvalue weighted by molar-refractivity contribution is 0.692. The van der Waals surface area contributed by atoms with Crippen LogP contribution in [0.4, 0.5) is 11.5 Å². The lowest BCUT2D eigenvalue weighted by Gasteiger charge is -2.22. The van der Waals surface area contributed by atoms with Crippen molar-refractivity contribution in [2.75, 3.05) is 5.73 Å². The van der Waals surface area contributed by atoms with Crippen molar-refractivity contribution in [3.63, 3.8) is 0 Å². The van der Waals surface area contributed by atoms with Gasteiger partial charge in [0, 0.05) is 23.8 Å². The lowest BCUT2D eigenvalue weighted by atomic mass is 9.98. The molecule has 0 saturated heterocycles. The molecule has 0 radical (unpaired) electrons. The Morgan fingerprint density at radius 3 is 1.50 bits per heavy atom. The van der Waals surface area contributed by atoms with Crippen molar-refractivity contribution < 1.29 is 0 Å². The molecule has 5 aromatic carbocycles. The van der Waals surface area contributed by atoms with E-state index >= 15 is 0 Å². The summed E-state index contributed by atoms with van der Waals surface area (Å²) in [7, 11) is 0. The highest BCUT2D eigenvalue weighted by Crippen LogP contribution is 2.36. The SMILES string of the molecule is N#Cc1cn(C(c2ccccc2)c2ccccc2)c2[nH]c(=O)cc(-c3ccccc3)c12.[C-]#[N+]c1cc(N)n(C(c2ccccc2)c2ccccc2)c1. The third-order valence-electron chi connectivity index (χ3n) is 9.04. The highest BCUT2D eigenvalue weighted by molar-refractivity contribution is 5.97. The number of nitrogens with zero attached hydrogens (tertiary/aromatic N) is 4. The number of fused-ring (bicyclic) bond motifs is 1. The first-order valence-corrected chi connectivity index (χ1v) is 16.8. The Kier molecular flexibility index (Phi) is 9.59. The zero-order chi connectivity index (χ0) is 35.9. The summed E-state index contributed by atoms with van der Waals surface area (Å²) in [4.78, 5) is 19.1. The Labute approximate surface area is 301 Å². The maximum atomic E-state index is 12.7. The van der Waals surface area contributed by atoms with Crippen LogP contribution in [0.1, 0.15) is 39.9 Å². The monoisotopic (exact) mass is 674 g/mol. The number of hydrogen-bond donors (Lipinski definition) is 2. The summed E-state index contributed by atoms with van der Waals surface area (Å²) < 4.78 is 3.96. The fraction of sp³-hybridized carbons (Fsp3) is 0.0444. The lowest BCUT2D eigenvalue weighted by Crippen LogP contribution is -2.14. The third-order valence-corrected chi connectivity index (χ3v) is 9.04. The van der Waals surface area contributed by atoms with Gasteiger partial charge in [-0.25, -0.2) is 4.85 Å². The Balaban J connectivity index is 0.000000175. The number of rotatable bonds is 7. The molecular weight excluding hydrogens is 641 g/mol. The Morgan fingerprint density at radius 1 is 0.635 bits per heavy atom. The van der Waals surface area contributed by atoms with Crippen molar-refractivity contribution in [2.24, 2.45) is 0 Å². The van der Waals surface area contributed by atoms with Crippen LogP contribution >= 0.6 is 0 Å². The Morgan fingerprint density at radius 2 is 1.08 bits per heavy atom. The van der Waals surface area contributed by atoms with Gasteiger partial charge in [-0.2, -0.15) is 5.26 Å². The standard InChI is InChI=1S/C27H19N3O.C18H15N3/c28-17-22-18-30(26(20-12-6-2-7-13-20)21-14-8-3-9-15-21)27-25(22)23(16-24(31)29-27)19-10-4-1-5-11-19;1-20-16-12-17(19)21(13-16)18(14-8-4-2-5-9-14)15-10-6-3-7-11-15/h1-16,18,26H,(H,29,31);2-13,18H,19H2. The number of anilines is 1. The van der Waals surface area contributed by atoms with E-state index in [-0.39, 0.29) is 17.6 Å². The molecule has 8 rings (SSSR count). The molecule has 0 atom stereocenters. The average molecular weight is 675 g/mol. The molecule has 3 heterocycles. The first-order chi connectivity index (χ1) is 25.6. The molecule has 0 saturated carbocycles. The number of nitrogens with one attached hydrogen (secondary N) is 1. The molecule has 0 aliphatic rings. The van der Waals surface area contributed by atoms with Gasteiger partial charge in [-0.05, 0) is 39.4 Å². The molecule has 7 nitrogen and oxygen atoms in total. The molecule has 3 N–H and O–H groups in total. The largest absolute Gasteiger partial charge is 0.386 e. The van der Waals surface area contributed by atoms with Crippen LogP contribution in [-0.2, 0) is 0 Å². The van der Waals surface area contributed by atoms with Gasteiger partial charge in [0.1, 0.15) is 11.7 Å². The van der Waals surface area contributed by atoms with Crippen molar-refractivity contribution in [1.82, 2.24) is 14.1 Å². The molecule has 0 unspecified atom stereocenters. The Bertz CT molecular complexity index is 2480. The van der Waals surface area contributed by atoms with Gasteiger partial charge in [0.25, 0.3) is 0 Å².